The highest BCUT2D eigenvalue weighted by Crippen LogP contribution is 2.37. The van der Waals surface area contributed by atoms with Crippen LogP contribution in [0.3, 0.4) is 0 Å². The molecule has 100 valence electrons. The fourth-order valence-electron chi connectivity index (χ4n) is 4.03. The summed E-state index contributed by atoms with van der Waals surface area (Å²) >= 11 is 0. The van der Waals surface area contributed by atoms with Gasteiger partial charge in [0.2, 0.25) is 0 Å². The third-order valence-corrected chi connectivity index (χ3v) is 5.24. The van der Waals surface area contributed by atoms with Gasteiger partial charge < -0.3 is 5.32 Å². The molecule has 0 spiro atoms. The van der Waals surface area contributed by atoms with Crippen LogP contribution in [0.5, 0.6) is 0 Å². The van der Waals surface area contributed by atoms with E-state index in [1.807, 2.05) is 0 Å². The number of likely N-dealkylation sites (tertiary alicyclic amines) is 1. The zero-order chi connectivity index (χ0) is 12.5. The molecule has 2 aliphatic rings. The second-order valence-electron chi connectivity index (χ2n) is 6.66. The Labute approximate surface area is 107 Å². The Morgan fingerprint density at radius 1 is 1.29 bits per heavy atom. The minimum Gasteiger partial charge on any atom is -0.315 e. The van der Waals surface area contributed by atoms with Gasteiger partial charge in [-0.1, -0.05) is 13.3 Å². The van der Waals surface area contributed by atoms with Crippen molar-refractivity contribution < 1.29 is 0 Å². The molecule has 0 aromatic carbocycles. The predicted octanol–water partition coefficient (Wildman–Crippen LogP) is 3.03. The van der Waals surface area contributed by atoms with Crippen LogP contribution in [0, 0.1) is 5.92 Å². The summed E-state index contributed by atoms with van der Waals surface area (Å²) in [5, 5.41) is 3.57. The minimum atomic E-state index is 0.426. The number of hydrogen-bond donors (Lipinski definition) is 1. The van der Waals surface area contributed by atoms with Gasteiger partial charge in [0.1, 0.15) is 0 Å². The van der Waals surface area contributed by atoms with Crippen LogP contribution in [0.4, 0.5) is 0 Å². The topological polar surface area (TPSA) is 15.3 Å². The van der Waals surface area contributed by atoms with Crippen LogP contribution in [0.15, 0.2) is 0 Å². The summed E-state index contributed by atoms with van der Waals surface area (Å²) in [5.41, 5.74) is 0.426. The van der Waals surface area contributed by atoms with Gasteiger partial charge in [-0.05, 0) is 65.5 Å². The maximum atomic E-state index is 3.57. The molecule has 1 saturated carbocycles. The van der Waals surface area contributed by atoms with Gasteiger partial charge in [-0.15, -0.1) is 0 Å². The molecule has 0 amide bonds. The molecule has 1 saturated heterocycles. The Morgan fingerprint density at radius 3 is 2.59 bits per heavy atom. The second-order valence-corrected chi connectivity index (χ2v) is 6.66. The second kappa shape index (κ2) is 5.27. The Bertz CT molecular complexity index is 249. The molecule has 1 heterocycles. The van der Waals surface area contributed by atoms with Crippen LogP contribution in [0.25, 0.3) is 0 Å². The molecule has 1 aliphatic heterocycles. The van der Waals surface area contributed by atoms with Crippen LogP contribution in [-0.2, 0) is 0 Å². The van der Waals surface area contributed by atoms with Crippen LogP contribution in [-0.4, -0.2) is 36.1 Å². The monoisotopic (exact) mass is 238 g/mol. The van der Waals surface area contributed by atoms with E-state index in [4.69, 9.17) is 0 Å². The molecule has 0 aromatic heterocycles. The first-order valence-electron chi connectivity index (χ1n) is 7.52. The van der Waals surface area contributed by atoms with E-state index in [9.17, 15) is 0 Å². The van der Waals surface area contributed by atoms with E-state index in [-0.39, 0.29) is 0 Å². The van der Waals surface area contributed by atoms with E-state index < -0.39 is 0 Å². The van der Waals surface area contributed by atoms with Crippen LogP contribution in [0.1, 0.15) is 59.3 Å². The normalized spacial score (nSPS) is 38.5. The Kier molecular flexibility index (Phi) is 4.14. The van der Waals surface area contributed by atoms with Crippen LogP contribution >= 0.6 is 0 Å². The number of likely N-dealkylation sites (N-methyl/N-ethyl adjacent to an activating group) is 1. The molecular weight excluding hydrogens is 208 g/mol. The number of nitrogens with zero attached hydrogens (tertiary/aromatic N) is 1. The molecule has 2 rings (SSSR count). The van der Waals surface area contributed by atoms with Crippen molar-refractivity contribution in [3.63, 3.8) is 0 Å². The van der Waals surface area contributed by atoms with Crippen LogP contribution < -0.4 is 5.32 Å². The molecular formula is C15H30N2. The van der Waals surface area contributed by atoms with E-state index >= 15 is 0 Å². The maximum absolute atomic E-state index is 3.57. The molecule has 17 heavy (non-hydrogen) atoms. The fraction of sp³-hybridized carbons (Fsp3) is 1.00. The summed E-state index contributed by atoms with van der Waals surface area (Å²) in [6.07, 6.45) is 8.32. The van der Waals surface area contributed by atoms with E-state index in [0.717, 1.165) is 18.0 Å². The average Bonchev–Trinajstić information content (AvgIpc) is 2.68. The van der Waals surface area contributed by atoms with Gasteiger partial charge in [0.15, 0.2) is 0 Å². The molecule has 2 heteroatoms. The summed E-state index contributed by atoms with van der Waals surface area (Å²) in [7, 11) is 2.15. The van der Waals surface area contributed by atoms with E-state index in [2.05, 4.69) is 38.0 Å². The van der Waals surface area contributed by atoms with Crippen molar-refractivity contribution >= 4 is 0 Å². The first kappa shape index (κ1) is 13.4. The largest absolute Gasteiger partial charge is 0.315 e. The lowest BCUT2D eigenvalue weighted by atomic mass is 9.79. The summed E-state index contributed by atoms with van der Waals surface area (Å²) in [5.74, 6) is 0.959. The molecule has 0 aromatic rings. The Morgan fingerprint density at radius 2 is 2.06 bits per heavy atom. The number of rotatable bonds is 3. The lowest BCUT2D eigenvalue weighted by molar-refractivity contribution is 0.0504. The highest BCUT2D eigenvalue weighted by Gasteiger charge is 2.41. The van der Waals surface area contributed by atoms with E-state index in [1.54, 1.807) is 0 Å². The van der Waals surface area contributed by atoms with Crippen molar-refractivity contribution in [2.45, 2.75) is 76.9 Å². The van der Waals surface area contributed by atoms with Gasteiger partial charge in [0, 0.05) is 17.6 Å². The quantitative estimate of drug-likeness (QED) is 0.813. The first-order valence-corrected chi connectivity index (χ1v) is 7.52. The molecule has 1 aliphatic carbocycles. The minimum absolute atomic E-state index is 0.426. The van der Waals surface area contributed by atoms with E-state index in [0.29, 0.717) is 5.54 Å². The zero-order valence-corrected chi connectivity index (χ0v) is 12.1. The van der Waals surface area contributed by atoms with Crippen molar-refractivity contribution in [3.8, 4) is 0 Å². The van der Waals surface area contributed by atoms with Gasteiger partial charge in [-0.3, -0.25) is 4.90 Å². The van der Waals surface area contributed by atoms with Crippen molar-refractivity contribution in [1.29, 1.82) is 0 Å². The number of hydrogen-bond acceptors (Lipinski definition) is 2. The highest BCUT2D eigenvalue weighted by atomic mass is 15.3. The third kappa shape index (κ3) is 2.68. The lowest BCUT2D eigenvalue weighted by Crippen LogP contribution is -2.56. The Balaban J connectivity index is 2.09. The van der Waals surface area contributed by atoms with Crippen molar-refractivity contribution in [3.05, 3.63) is 0 Å². The summed E-state index contributed by atoms with van der Waals surface area (Å²) in [6, 6.07) is 1.49. The van der Waals surface area contributed by atoms with Crippen molar-refractivity contribution in [1.82, 2.24) is 10.2 Å². The predicted molar refractivity (Wildman–Crippen MR) is 74.3 cm³/mol. The molecule has 0 bridgehead atoms. The van der Waals surface area contributed by atoms with Gasteiger partial charge in [-0.25, -0.2) is 0 Å². The molecule has 1 N–H and O–H groups in total. The number of nitrogens with one attached hydrogen (secondary N) is 1. The highest BCUT2D eigenvalue weighted by molar-refractivity contribution is 4.98. The maximum Gasteiger partial charge on any atom is 0.0257 e. The van der Waals surface area contributed by atoms with Crippen molar-refractivity contribution in [2.75, 3.05) is 13.6 Å². The van der Waals surface area contributed by atoms with E-state index in [1.165, 1.54) is 45.1 Å². The molecule has 3 atom stereocenters. The lowest BCUT2D eigenvalue weighted by Gasteiger charge is -2.46. The SMILES string of the molecule is CCC1CCC(NC)C(N2CCCC2(C)C)C1. The zero-order valence-electron chi connectivity index (χ0n) is 12.1. The smallest absolute Gasteiger partial charge is 0.0257 e. The third-order valence-electron chi connectivity index (χ3n) is 5.24. The molecule has 2 fully saturated rings. The summed E-state index contributed by atoms with van der Waals surface area (Å²) in [4.78, 5) is 2.80. The Hall–Kier alpha value is -0.0800. The summed E-state index contributed by atoms with van der Waals surface area (Å²) < 4.78 is 0. The van der Waals surface area contributed by atoms with Crippen molar-refractivity contribution in [2.24, 2.45) is 5.92 Å². The fourth-order valence-corrected chi connectivity index (χ4v) is 4.03. The standard InChI is InChI=1S/C15H30N2/c1-5-12-7-8-13(16-4)14(11-12)17-10-6-9-15(17,2)3/h12-14,16H,5-11H2,1-4H3. The van der Waals surface area contributed by atoms with Gasteiger partial charge in [0.05, 0.1) is 0 Å². The molecule has 3 unspecified atom stereocenters. The molecule has 2 nitrogen and oxygen atoms in total. The first-order chi connectivity index (χ1) is 8.08. The summed E-state index contributed by atoms with van der Waals surface area (Å²) in [6.45, 7) is 8.54. The molecule has 0 radical (unpaired) electrons. The van der Waals surface area contributed by atoms with Gasteiger partial charge in [0.25, 0.3) is 0 Å². The van der Waals surface area contributed by atoms with Crippen LogP contribution in [0.2, 0.25) is 0 Å². The average molecular weight is 238 g/mol. The van der Waals surface area contributed by atoms with Gasteiger partial charge in [-0.2, -0.15) is 0 Å². The van der Waals surface area contributed by atoms with Gasteiger partial charge >= 0.3 is 0 Å².